The van der Waals surface area contributed by atoms with Crippen molar-refractivity contribution in [2.24, 2.45) is 0 Å². The van der Waals surface area contributed by atoms with E-state index in [1.54, 1.807) is 11.8 Å². The van der Waals surface area contributed by atoms with Crippen molar-refractivity contribution in [2.75, 3.05) is 26.3 Å². The van der Waals surface area contributed by atoms with Crippen molar-refractivity contribution in [1.82, 2.24) is 4.90 Å². The SMILES string of the molecule is CC(Oc1cccc2ccccc12)C(=O)N1CCOCC1. The molecular formula is C17H19NO3. The van der Waals surface area contributed by atoms with Crippen molar-refractivity contribution in [3.63, 3.8) is 0 Å². The summed E-state index contributed by atoms with van der Waals surface area (Å²) in [6.07, 6.45) is -0.492. The van der Waals surface area contributed by atoms with Crippen LogP contribution in [0.1, 0.15) is 6.92 Å². The Labute approximate surface area is 124 Å². The molecular weight excluding hydrogens is 266 g/mol. The van der Waals surface area contributed by atoms with Gasteiger partial charge in [0.25, 0.3) is 5.91 Å². The van der Waals surface area contributed by atoms with E-state index in [9.17, 15) is 4.79 Å². The van der Waals surface area contributed by atoms with E-state index in [0.717, 1.165) is 16.5 Å². The summed E-state index contributed by atoms with van der Waals surface area (Å²) in [7, 11) is 0. The Morgan fingerprint density at radius 1 is 1.14 bits per heavy atom. The van der Waals surface area contributed by atoms with E-state index in [2.05, 4.69) is 0 Å². The lowest BCUT2D eigenvalue weighted by atomic mass is 10.1. The fourth-order valence-corrected chi connectivity index (χ4v) is 2.58. The predicted molar refractivity (Wildman–Crippen MR) is 81.4 cm³/mol. The molecule has 1 fully saturated rings. The van der Waals surface area contributed by atoms with Crippen LogP contribution in [0.25, 0.3) is 10.8 Å². The van der Waals surface area contributed by atoms with Crippen molar-refractivity contribution in [2.45, 2.75) is 13.0 Å². The number of rotatable bonds is 3. The number of nitrogens with zero attached hydrogens (tertiary/aromatic N) is 1. The molecule has 1 heterocycles. The Balaban J connectivity index is 1.76. The molecule has 0 aliphatic carbocycles. The van der Waals surface area contributed by atoms with Gasteiger partial charge in [-0.2, -0.15) is 0 Å². The summed E-state index contributed by atoms with van der Waals surface area (Å²) < 4.78 is 11.2. The maximum absolute atomic E-state index is 12.4. The molecule has 21 heavy (non-hydrogen) atoms. The highest BCUT2D eigenvalue weighted by atomic mass is 16.5. The van der Waals surface area contributed by atoms with E-state index in [0.29, 0.717) is 26.3 Å². The number of hydrogen-bond donors (Lipinski definition) is 0. The summed E-state index contributed by atoms with van der Waals surface area (Å²) in [6, 6.07) is 13.9. The second-order valence-electron chi connectivity index (χ2n) is 5.18. The third-order valence-corrected chi connectivity index (χ3v) is 3.72. The molecule has 1 aliphatic rings. The minimum absolute atomic E-state index is 0.0197. The first-order valence-corrected chi connectivity index (χ1v) is 7.26. The van der Waals surface area contributed by atoms with E-state index >= 15 is 0 Å². The molecule has 0 saturated carbocycles. The molecule has 4 heteroatoms. The maximum Gasteiger partial charge on any atom is 0.263 e. The highest BCUT2D eigenvalue weighted by molar-refractivity contribution is 5.89. The van der Waals surface area contributed by atoms with Crippen molar-refractivity contribution in [1.29, 1.82) is 0 Å². The van der Waals surface area contributed by atoms with E-state index in [1.807, 2.05) is 42.5 Å². The summed E-state index contributed by atoms with van der Waals surface area (Å²) in [4.78, 5) is 14.2. The van der Waals surface area contributed by atoms with Crippen LogP contribution < -0.4 is 4.74 Å². The zero-order chi connectivity index (χ0) is 14.7. The highest BCUT2D eigenvalue weighted by Gasteiger charge is 2.24. The number of amides is 1. The molecule has 1 unspecified atom stereocenters. The van der Waals surface area contributed by atoms with Crippen molar-refractivity contribution >= 4 is 16.7 Å². The van der Waals surface area contributed by atoms with Gasteiger partial charge in [0.1, 0.15) is 5.75 Å². The smallest absolute Gasteiger partial charge is 0.263 e. The Hall–Kier alpha value is -2.07. The first kappa shape index (κ1) is 13.9. The summed E-state index contributed by atoms with van der Waals surface area (Å²) in [5.74, 6) is 0.772. The molecule has 0 aromatic heterocycles. The second-order valence-corrected chi connectivity index (χ2v) is 5.18. The van der Waals surface area contributed by atoms with Gasteiger partial charge in [-0.3, -0.25) is 4.79 Å². The average molecular weight is 285 g/mol. The van der Waals surface area contributed by atoms with E-state index in [-0.39, 0.29) is 5.91 Å². The quantitative estimate of drug-likeness (QED) is 0.869. The van der Waals surface area contributed by atoms with Gasteiger partial charge >= 0.3 is 0 Å². The second kappa shape index (κ2) is 6.14. The number of carbonyl (C=O) groups excluding carboxylic acids is 1. The zero-order valence-corrected chi connectivity index (χ0v) is 12.1. The lowest BCUT2D eigenvalue weighted by molar-refractivity contribution is -0.141. The normalized spacial score (nSPS) is 16.7. The zero-order valence-electron chi connectivity index (χ0n) is 12.1. The first-order chi connectivity index (χ1) is 10.3. The summed E-state index contributed by atoms with van der Waals surface area (Å²) in [6.45, 7) is 4.29. The van der Waals surface area contributed by atoms with Crippen LogP contribution in [0.3, 0.4) is 0 Å². The van der Waals surface area contributed by atoms with Gasteiger partial charge in [-0.05, 0) is 18.4 Å². The lowest BCUT2D eigenvalue weighted by Crippen LogP contribution is -2.46. The standard InChI is InChI=1S/C17H19NO3/c1-13(17(19)18-9-11-20-12-10-18)21-16-8-4-6-14-5-2-3-7-15(14)16/h2-8,13H,9-12H2,1H3. The molecule has 4 nitrogen and oxygen atoms in total. The molecule has 0 bridgehead atoms. The Morgan fingerprint density at radius 3 is 2.67 bits per heavy atom. The number of fused-ring (bicyclic) bond motifs is 1. The van der Waals surface area contributed by atoms with Gasteiger partial charge in [0, 0.05) is 18.5 Å². The molecule has 2 aromatic rings. The molecule has 2 aromatic carbocycles. The van der Waals surface area contributed by atoms with Gasteiger partial charge in [-0.1, -0.05) is 36.4 Å². The van der Waals surface area contributed by atoms with Gasteiger partial charge in [-0.15, -0.1) is 0 Å². The van der Waals surface area contributed by atoms with E-state index in [4.69, 9.17) is 9.47 Å². The van der Waals surface area contributed by atoms with Crippen LogP contribution in [0.5, 0.6) is 5.75 Å². The molecule has 0 N–H and O–H groups in total. The third kappa shape index (κ3) is 3.00. The van der Waals surface area contributed by atoms with Crippen LogP contribution >= 0.6 is 0 Å². The van der Waals surface area contributed by atoms with Crippen LogP contribution in [0.2, 0.25) is 0 Å². The topological polar surface area (TPSA) is 38.8 Å². The monoisotopic (exact) mass is 285 g/mol. The fourth-order valence-electron chi connectivity index (χ4n) is 2.58. The molecule has 0 spiro atoms. The largest absolute Gasteiger partial charge is 0.480 e. The molecule has 110 valence electrons. The molecule has 1 amide bonds. The van der Waals surface area contributed by atoms with E-state index in [1.165, 1.54) is 0 Å². The molecule has 0 radical (unpaired) electrons. The minimum Gasteiger partial charge on any atom is -0.480 e. The summed E-state index contributed by atoms with van der Waals surface area (Å²) >= 11 is 0. The van der Waals surface area contributed by atoms with Crippen LogP contribution in [0, 0.1) is 0 Å². The van der Waals surface area contributed by atoms with Gasteiger partial charge in [0.15, 0.2) is 6.10 Å². The summed E-state index contributed by atoms with van der Waals surface area (Å²) in [5, 5.41) is 2.14. The highest BCUT2D eigenvalue weighted by Crippen LogP contribution is 2.26. The number of morpholine rings is 1. The number of ether oxygens (including phenoxy) is 2. The van der Waals surface area contributed by atoms with Gasteiger partial charge in [0.2, 0.25) is 0 Å². The van der Waals surface area contributed by atoms with Crippen LogP contribution in [0.4, 0.5) is 0 Å². The van der Waals surface area contributed by atoms with Gasteiger partial charge < -0.3 is 14.4 Å². The molecule has 3 rings (SSSR count). The van der Waals surface area contributed by atoms with Crippen molar-refractivity contribution < 1.29 is 14.3 Å². The maximum atomic E-state index is 12.4. The van der Waals surface area contributed by atoms with Crippen LogP contribution in [-0.2, 0) is 9.53 Å². The fraction of sp³-hybridized carbons (Fsp3) is 0.353. The van der Waals surface area contributed by atoms with Crippen molar-refractivity contribution in [3.05, 3.63) is 42.5 Å². The van der Waals surface area contributed by atoms with E-state index < -0.39 is 6.10 Å². The van der Waals surface area contributed by atoms with Gasteiger partial charge in [-0.25, -0.2) is 0 Å². The Morgan fingerprint density at radius 2 is 1.86 bits per heavy atom. The number of carbonyl (C=O) groups is 1. The van der Waals surface area contributed by atoms with Crippen molar-refractivity contribution in [3.8, 4) is 5.75 Å². The molecule has 1 atom stereocenters. The Bertz CT molecular complexity index is 629. The Kier molecular flexibility index (Phi) is 4.06. The first-order valence-electron chi connectivity index (χ1n) is 7.26. The van der Waals surface area contributed by atoms with Crippen LogP contribution in [-0.4, -0.2) is 43.2 Å². The van der Waals surface area contributed by atoms with Crippen LogP contribution in [0.15, 0.2) is 42.5 Å². The third-order valence-electron chi connectivity index (χ3n) is 3.72. The van der Waals surface area contributed by atoms with Gasteiger partial charge in [0.05, 0.1) is 13.2 Å². The number of hydrogen-bond acceptors (Lipinski definition) is 3. The molecule has 1 aliphatic heterocycles. The minimum atomic E-state index is -0.492. The lowest BCUT2D eigenvalue weighted by Gasteiger charge is -2.29. The summed E-state index contributed by atoms with van der Waals surface area (Å²) in [5.41, 5.74) is 0. The predicted octanol–water partition coefficient (Wildman–Crippen LogP) is 2.47. The average Bonchev–Trinajstić information content (AvgIpc) is 2.55. The molecule has 1 saturated heterocycles. The number of benzene rings is 2.